The lowest BCUT2D eigenvalue weighted by molar-refractivity contribution is 0.0599. The Hall–Kier alpha value is -2.93. The highest BCUT2D eigenvalue weighted by Crippen LogP contribution is 2.14. The quantitative estimate of drug-likeness (QED) is 0.753. The number of amides is 1. The van der Waals surface area contributed by atoms with Crippen molar-refractivity contribution in [3.8, 4) is 5.75 Å². The van der Waals surface area contributed by atoms with Crippen molar-refractivity contribution in [2.24, 2.45) is 0 Å². The van der Waals surface area contributed by atoms with Gasteiger partial charge in [0.05, 0.1) is 18.9 Å². The van der Waals surface area contributed by atoms with Crippen LogP contribution < -0.4 is 4.74 Å². The molecule has 7 nitrogen and oxygen atoms in total. The molecule has 2 aromatic rings. The lowest BCUT2D eigenvalue weighted by Gasteiger charge is -2.34. The molecule has 1 aromatic heterocycles. The van der Waals surface area contributed by atoms with E-state index in [1.807, 2.05) is 18.2 Å². The van der Waals surface area contributed by atoms with E-state index in [0.29, 0.717) is 13.1 Å². The molecule has 1 amide bonds. The van der Waals surface area contributed by atoms with Gasteiger partial charge in [0.2, 0.25) is 0 Å². The molecule has 0 atom stereocenters. The van der Waals surface area contributed by atoms with Crippen molar-refractivity contribution in [1.82, 2.24) is 14.8 Å². The number of methoxy groups -OCH3 is 1. The van der Waals surface area contributed by atoms with E-state index in [-0.39, 0.29) is 11.3 Å². The first-order valence-electron chi connectivity index (χ1n) is 8.92. The second-order valence-corrected chi connectivity index (χ2v) is 6.33. The average Bonchev–Trinajstić information content (AvgIpc) is 2.73. The van der Waals surface area contributed by atoms with Crippen LogP contribution >= 0.6 is 0 Å². The topological polar surface area (TPSA) is 72.0 Å². The minimum Gasteiger partial charge on any atom is -0.465 e. The van der Waals surface area contributed by atoms with Crippen molar-refractivity contribution in [2.75, 3.05) is 39.8 Å². The summed E-state index contributed by atoms with van der Waals surface area (Å²) in [4.78, 5) is 31.8. The molecule has 1 aromatic carbocycles. The lowest BCUT2D eigenvalue weighted by atomic mass is 10.1. The summed E-state index contributed by atoms with van der Waals surface area (Å²) in [5.74, 6) is -0.290. The van der Waals surface area contributed by atoms with E-state index in [0.717, 1.165) is 26.1 Å². The van der Waals surface area contributed by atoms with Gasteiger partial charge in [0.25, 0.3) is 0 Å². The van der Waals surface area contributed by atoms with Crippen molar-refractivity contribution < 1.29 is 19.1 Å². The highest BCUT2D eigenvalue weighted by Gasteiger charge is 2.22. The molecule has 1 aliphatic rings. The van der Waals surface area contributed by atoms with Crippen LogP contribution in [0.5, 0.6) is 5.75 Å². The Morgan fingerprint density at radius 1 is 1.07 bits per heavy atom. The molecular weight excluding hydrogens is 346 g/mol. The van der Waals surface area contributed by atoms with Gasteiger partial charge in [-0.3, -0.25) is 9.88 Å². The number of aromatic nitrogens is 1. The van der Waals surface area contributed by atoms with Gasteiger partial charge in [0, 0.05) is 38.9 Å². The van der Waals surface area contributed by atoms with Gasteiger partial charge >= 0.3 is 12.1 Å². The zero-order chi connectivity index (χ0) is 19.1. The molecule has 1 fully saturated rings. The molecule has 0 N–H and O–H groups in total. The number of rotatable bonds is 5. The van der Waals surface area contributed by atoms with E-state index in [1.165, 1.54) is 31.1 Å². The van der Waals surface area contributed by atoms with Crippen LogP contribution in [0.2, 0.25) is 0 Å². The number of carbonyl (C=O) groups is 2. The van der Waals surface area contributed by atoms with Crippen LogP contribution in [0.25, 0.3) is 0 Å². The smallest absolute Gasteiger partial charge is 0.415 e. The van der Waals surface area contributed by atoms with E-state index in [2.05, 4.69) is 26.8 Å². The third-order valence-corrected chi connectivity index (χ3v) is 4.53. The van der Waals surface area contributed by atoms with Crippen LogP contribution in [0.4, 0.5) is 4.79 Å². The molecule has 2 heterocycles. The molecule has 142 valence electrons. The molecule has 0 spiro atoms. The van der Waals surface area contributed by atoms with Crippen LogP contribution in [0.1, 0.15) is 15.9 Å². The fraction of sp³-hybridized carbons (Fsp3) is 0.350. The van der Waals surface area contributed by atoms with Gasteiger partial charge in [0.15, 0.2) is 5.75 Å². The Balaban J connectivity index is 1.46. The Morgan fingerprint density at radius 3 is 2.52 bits per heavy atom. The summed E-state index contributed by atoms with van der Waals surface area (Å²) in [7, 11) is 1.29. The van der Waals surface area contributed by atoms with Crippen molar-refractivity contribution >= 4 is 12.1 Å². The molecule has 0 aliphatic carbocycles. The Morgan fingerprint density at radius 2 is 1.81 bits per heavy atom. The summed E-state index contributed by atoms with van der Waals surface area (Å²) in [5.41, 5.74) is 1.56. The van der Waals surface area contributed by atoms with Gasteiger partial charge in [-0.05, 0) is 18.1 Å². The van der Waals surface area contributed by atoms with Gasteiger partial charge in [-0.1, -0.05) is 30.3 Å². The molecule has 7 heteroatoms. The molecule has 0 radical (unpaired) electrons. The summed E-state index contributed by atoms with van der Waals surface area (Å²) >= 11 is 0. The Kier molecular flexibility index (Phi) is 6.38. The second kappa shape index (κ2) is 9.14. The monoisotopic (exact) mass is 369 g/mol. The third kappa shape index (κ3) is 5.27. The normalized spacial score (nSPS) is 14.6. The number of carbonyl (C=O) groups excluding carboxylic acids is 2. The van der Waals surface area contributed by atoms with Crippen LogP contribution in [-0.4, -0.2) is 66.7 Å². The Bertz CT molecular complexity index is 774. The molecule has 0 bridgehead atoms. The van der Waals surface area contributed by atoms with E-state index < -0.39 is 12.1 Å². The average molecular weight is 369 g/mol. The minimum absolute atomic E-state index is 0.231. The number of hydrogen-bond acceptors (Lipinski definition) is 6. The lowest BCUT2D eigenvalue weighted by Crippen LogP contribution is -2.49. The minimum atomic E-state index is -0.521. The predicted molar refractivity (Wildman–Crippen MR) is 99.8 cm³/mol. The standard InChI is InChI=1S/C20H23N3O4/c1-26-19(24)17-13-18(15-21-14-17)27-20(25)23-11-9-22(10-12-23)8-7-16-5-3-2-4-6-16/h2-6,13-15H,7-12H2,1H3. The summed E-state index contributed by atoms with van der Waals surface area (Å²) < 4.78 is 10.00. The van der Waals surface area contributed by atoms with Gasteiger partial charge < -0.3 is 14.4 Å². The first-order chi connectivity index (χ1) is 13.2. The predicted octanol–water partition coefficient (Wildman–Crippen LogP) is 2.23. The zero-order valence-electron chi connectivity index (χ0n) is 15.3. The number of ether oxygens (including phenoxy) is 2. The fourth-order valence-corrected chi connectivity index (χ4v) is 2.96. The van der Waals surface area contributed by atoms with Crippen LogP contribution in [0, 0.1) is 0 Å². The Labute approximate surface area is 158 Å². The van der Waals surface area contributed by atoms with Gasteiger partial charge in [0.1, 0.15) is 0 Å². The first kappa shape index (κ1) is 18.8. The summed E-state index contributed by atoms with van der Waals surface area (Å²) in [6.45, 7) is 3.80. The third-order valence-electron chi connectivity index (χ3n) is 4.53. The fourth-order valence-electron chi connectivity index (χ4n) is 2.96. The van der Waals surface area contributed by atoms with Crippen molar-refractivity contribution in [1.29, 1.82) is 0 Å². The van der Waals surface area contributed by atoms with Crippen LogP contribution in [0.3, 0.4) is 0 Å². The van der Waals surface area contributed by atoms with Gasteiger partial charge in [-0.25, -0.2) is 9.59 Å². The SMILES string of the molecule is COC(=O)c1cncc(OC(=O)N2CCN(CCc3ccccc3)CC2)c1. The van der Waals surface area contributed by atoms with Gasteiger partial charge in [-0.15, -0.1) is 0 Å². The van der Waals surface area contributed by atoms with Gasteiger partial charge in [-0.2, -0.15) is 0 Å². The number of pyridine rings is 1. The molecular formula is C20H23N3O4. The first-order valence-corrected chi connectivity index (χ1v) is 8.92. The summed E-state index contributed by atoms with van der Waals surface area (Å²) in [6.07, 6.45) is 3.34. The van der Waals surface area contributed by atoms with Crippen molar-refractivity contribution in [3.05, 3.63) is 59.9 Å². The zero-order valence-corrected chi connectivity index (χ0v) is 15.3. The summed E-state index contributed by atoms with van der Waals surface area (Å²) in [5, 5.41) is 0. The number of benzene rings is 1. The number of esters is 1. The van der Waals surface area contributed by atoms with E-state index >= 15 is 0 Å². The largest absolute Gasteiger partial charge is 0.465 e. The molecule has 3 rings (SSSR count). The molecule has 0 unspecified atom stereocenters. The molecule has 1 saturated heterocycles. The van der Waals surface area contributed by atoms with E-state index in [1.54, 1.807) is 4.90 Å². The second-order valence-electron chi connectivity index (χ2n) is 6.33. The van der Waals surface area contributed by atoms with E-state index in [9.17, 15) is 9.59 Å². The number of piperazine rings is 1. The highest BCUT2D eigenvalue weighted by molar-refractivity contribution is 5.89. The maximum absolute atomic E-state index is 12.3. The molecule has 0 saturated carbocycles. The van der Waals surface area contributed by atoms with Crippen LogP contribution in [-0.2, 0) is 11.2 Å². The summed E-state index contributed by atoms with van der Waals surface area (Å²) in [6, 6.07) is 11.8. The van der Waals surface area contributed by atoms with Crippen molar-refractivity contribution in [2.45, 2.75) is 6.42 Å². The van der Waals surface area contributed by atoms with Crippen molar-refractivity contribution in [3.63, 3.8) is 0 Å². The molecule has 1 aliphatic heterocycles. The highest BCUT2D eigenvalue weighted by atomic mass is 16.6. The number of nitrogens with zero attached hydrogens (tertiary/aromatic N) is 3. The molecule has 27 heavy (non-hydrogen) atoms. The maximum Gasteiger partial charge on any atom is 0.415 e. The van der Waals surface area contributed by atoms with Crippen LogP contribution in [0.15, 0.2) is 48.8 Å². The van der Waals surface area contributed by atoms with E-state index in [4.69, 9.17) is 4.74 Å². The number of hydrogen-bond donors (Lipinski definition) is 0. The maximum atomic E-state index is 12.3.